The number of aliphatic hydroxyl groups excluding tert-OH is 1. The van der Waals surface area contributed by atoms with Crippen molar-refractivity contribution in [3.8, 4) is 0 Å². The van der Waals surface area contributed by atoms with Crippen LogP contribution >= 0.6 is 0 Å². The van der Waals surface area contributed by atoms with Crippen molar-refractivity contribution in [1.29, 1.82) is 0 Å². The maximum atomic E-state index is 12.2. The minimum absolute atomic E-state index is 0.0937. The largest absolute Gasteiger partial charge is 0.395 e. The molecule has 0 radical (unpaired) electrons. The van der Waals surface area contributed by atoms with Crippen molar-refractivity contribution >= 4 is 10.2 Å². The van der Waals surface area contributed by atoms with Crippen molar-refractivity contribution < 1.29 is 18.3 Å². The summed E-state index contributed by atoms with van der Waals surface area (Å²) in [5.41, 5.74) is 0. The molecule has 0 saturated carbocycles. The fourth-order valence-electron chi connectivity index (χ4n) is 2.22. The van der Waals surface area contributed by atoms with Crippen molar-refractivity contribution in [2.45, 2.75) is 18.9 Å². The first-order valence-electron chi connectivity index (χ1n) is 5.62. The fourth-order valence-corrected chi connectivity index (χ4v) is 4.04. The Bertz CT molecular complexity index is 326. The van der Waals surface area contributed by atoms with Gasteiger partial charge in [0.25, 0.3) is 10.2 Å². The maximum Gasteiger partial charge on any atom is 0.282 e. The average molecular weight is 250 g/mol. The highest BCUT2D eigenvalue weighted by molar-refractivity contribution is 7.86. The van der Waals surface area contributed by atoms with Crippen LogP contribution in [0.15, 0.2) is 0 Å². The minimum Gasteiger partial charge on any atom is -0.395 e. The number of rotatable bonds is 3. The van der Waals surface area contributed by atoms with Gasteiger partial charge in [-0.25, -0.2) is 0 Å². The van der Waals surface area contributed by atoms with E-state index in [2.05, 4.69) is 0 Å². The Hall–Kier alpha value is -0.210. The SMILES string of the molecule is O=S(=O)(N1CCOCC1)N1CCC[C@@H]1CO. The van der Waals surface area contributed by atoms with Crippen molar-refractivity contribution in [3.63, 3.8) is 0 Å². The van der Waals surface area contributed by atoms with E-state index in [4.69, 9.17) is 9.84 Å². The molecule has 0 aromatic heterocycles. The molecule has 94 valence electrons. The van der Waals surface area contributed by atoms with Gasteiger partial charge in [0.1, 0.15) is 0 Å². The van der Waals surface area contributed by atoms with E-state index in [0.29, 0.717) is 32.8 Å². The lowest BCUT2D eigenvalue weighted by molar-refractivity contribution is 0.0691. The molecule has 16 heavy (non-hydrogen) atoms. The van der Waals surface area contributed by atoms with Crippen LogP contribution in [0.4, 0.5) is 0 Å². The highest BCUT2D eigenvalue weighted by Crippen LogP contribution is 2.23. The first-order chi connectivity index (χ1) is 7.66. The average Bonchev–Trinajstić information content (AvgIpc) is 2.79. The van der Waals surface area contributed by atoms with Gasteiger partial charge < -0.3 is 9.84 Å². The van der Waals surface area contributed by atoms with Crippen LogP contribution in [0.1, 0.15) is 12.8 Å². The molecule has 2 saturated heterocycles. The number of nitrogens with zero attached hydrogens (tertiary/aromatic N) is 2. The molecule has 2 aliphatic rings. The van der Waals surface area contributed by atoms with Gasteiger partial charge in [-0.1, -0.05) is 0 Å². The number of ether oxygens (including phenoxy) is 1. The number of hydrogen-bond donors (Lipinski definition) is 1. The molecule has 0 aromatic carbocycles. The summed E-state index contributed by atoms with van der Waals surface area (Å²) in [6, 6.07) is -0.243. The smallest absolute Gasteiger partial charge is 0.282 e. The third-order valence-corrected chi connectivity index (χ3v) is 5.22. The second-order valence-electron chi connectivity index (χ2n) is 4.11. The summed E-state index contributed by atoms with van der Waals surface area (Å²) < 4.78 is 32.5. The summed E-state index contributed by atoms with van der Waals surface area (Å²) in [6.45, 7) is 2.16. The highest BCUT2D eigenvalue weighted by atomic mass is 32.2. The molecule has 6 nitrogen and oxygen atoms in total. The molecular weight excluding hydrogens is 232 g/mol. The molecule has 0 aliphatic carbocycles. The Morgan fingerprint density at radius 1 is 1.25 bits per heavy atom. The van der Waals surface area contributed by atoms with E-state index < -0.39 is 10.2 Å². The quantitative estimate of drug-likeness (QED) is 0.699. The summed E-state index contributed by atoms with van der Waals surface area (Å²) in [5.74, 6) is 0. The lowest BCUT2D eigenvalue weighted by Gasteiger charge is -2.32. The third kappa shape index (κ3) is 2.23. The molecule has 2 fully saturated rings. The molecular formula is C9H18N2O4S. The first kappa shape index (κ1) is 12.3. The van der Waals surface area contributed by atoms with Crippen LogP contribution in [0.5, 0.6) is 0 Å². The topological polar surface area (TPSA) is 70.1 Å². The highest BCUT2D eigenvalue weighted by Gasteiger charge is 2.38. The van der Waals surface area contributed by atoms with Gasteiger partial charge in [0, 0.05) is 25.7 Å². The molecule has 0 unspecified atom stereocenters. The van der Waals surface area contributed by atoms with Gasteiger partial charge in [-0.15, -0.1) is 0 Å². The van der Waals surface area contributed by atoms with E-state index >= 15 is 0 Å². The normalized spacial score (nSPS) is 29.7. The molecule has 0 aromatic rings. The van der Waals surface area contributed by atoms with Gasteiger partial charge in [0.2, 0.25) is 0 Å². The molecule has 0 spiro atoms. The first-order valence-corrected chi connectivity index (χ1v) is 7.01. The minimum atomic E-state index is -3.40. The van der Waals surface area contributed by atoms with Crippen LogP contribution in [0.3, 0.4) is 0 Å². The van der Waals surface area contributed by atoms with Crippen LogP contribution in [-0.4, -0.2) is 67.6 Å². The Kier molecular flexibility index (Phi) is 3.81. The standard InChI is InChI=1S/C9H18N2O4S/c12-8-9-2-1-3-11(9)16(13,14)10-4-6-15-7-5-10/h9,12H,1-8H2/t9-/m1/s1. The Morgan fingerprint density at radius 3 is 2.56 bits per heavy atom. The monoisotopic (exact) mass is 250 g/mol. The molecule has 2 rings (SSSR count). The van der Waals surface area contributed by atoms with Crippen molar-refractivity contribution in [1.82, 2.24) is 8.61 Å². The van der Waals surface area contributed by atoms with Gasteiger partial charge in [0.15, 0.2) is 0 Å². The number of hydrogen-bond acceptors (Lipinski definition) is 4. The van der Waals surface area contributed by atoms with Gasteiger partial charge >= 0.3 is 0 Å². The summed E-state index contributed by atoms with van der Waals surface area (Å²) in [4.78, 5) is 0. The van der Waals surface area contributed by atoms with E-state index in [1.807, 2.05) is 0 Å². The lowest BCUT2D eigenvalue weighted by Crippen LogP contribution is -2.50. The van der Waals surface area contributed by atoms with Crippen LogP contribution in [-0.2, 0) is 14.9 Å². The van der Waals surface area contributed by atoms with E-state index in [0.717, 1.165) is 12.8 Å². The number of aliphatic hydroxyl groups is 1. The second-order valence-corrected chi connectivity index (χ2v) is 5.99. The Labute approximate surface area is 96.0 Å². The van der Waals surface area contributed by atoms with E-state index in [1.165, 1.54) is 8.61 Å². The molecule has 2 heterocycles. The fraction of sp³-hybridized carbons (Fsp3) is 1.00. The zero-order chi connectivity index (χ0) is 11.6. The zero-order valence-electron chi connectivity index (χ0n) is 9.21. The van der Waals surface area contributed by atoms with E-state index in [-0.39, 0.29) is 12.6 Å². The molecule has 1 atom stereocenters. The molecule has 1 N–H and O–H groups in total. The van der Waals surface area contributed by atoms with Crippen LogP contribution in [0.2, 0.25) is 0 Å². The van der Waals surface area contributed by atoms with Crippen molar-refractivity contribution in [2.24, 2.45) is 0 Å². The van der Waals surface area contributed by atoms with Crippen LogP contribution in [0.25, 0.3) is 0 Å². The molecule has 7 heteroatoms. The second kappa shape index (κ2) is 4.97. The van der Waals surface area contributed by atoms with Gasteiger partial charge in [-0.3, -0.25) is 0 Å². The van der Waals surface area contributed by atoms with E-state index in [9.17, 15) is 8.42 Å². The summed E-state index contributed by atoms with van der Waals surface area (Å²) in [6.07, 6.45) is 1.58. The predicted octanol–water partition coefficient (Wildman–Crippen LogP) is -0.980. The maximum absolute atomic E-state index is 12.2. The lowest BCUT2D eigenvalue weighted by atomic mass is 10.2. The summed E-state index contributed by atoms with van der Waals surface area (Å²) in [7, 11) is -3.40. The third-order valence-electron chi connectivity index (χ3n) is 3.13. The van der Waals surface area contributed by atoms with Crippen molar-refractivity contribution in [3.05, 3.63) is 0 Å². The van der Waals surface area contributed by atoms with Crippen molar-refractivity contribution in [2.75, 3.05) is 39.5 Å². The van der Waals surface area contributed by atoms with Gasteiger partial charge in [-0.05, 0) is 12.8 Å². The molecule has 0 bridgehead atoms. The molecule has 0 amide bonds. The zero-order valence-corrected chi connectivity index (χ0v) is 10.0. The predicted molar refractivity (Wildman–Crippen MR) is 58.1 cm³/mol. The van der Waals surface area contributed by atoms with Gasteiger partial charge in [0.05, 0.1) is 19.8 Å². The van der Waals surface area contributed by atoms with Crippen LogP contribution < -0.4 is 0 Å². The Balaban J connectivity index is 2.11. The molecule has 2 aliphatic heterocycles. The Morgan fingerprint density at radius 2 is 1.94 bits per heavy atom. The van der Waals surface area contributed by atoms with Crippen LogP contribution in [0, 0.1) is 0 Å². The summed E-state index contributed by atoms with van der Waals surface area (Å²) in [5, 5.41) is 9.15. The van der Waals surface area contributed by atoms with Gasteiger partial charge in [-0.2, -0.15) is 17.0 Å². The van der Waals surface area contributed by atoms with E-state index in [1.54, 1.807) is 0 Å². The number of morpholine rings is 1. The summed E-state index contributed by atoms with van der Waals surface area (Å²) >= 11 is 0.